The molecule has 1 atom stereocenters. The molecule has 0 aliphatic heterocycles. The zero-order chi connectivity index (χ0) is 13.3. The average molecular weight is 269 g/mol. The molecule has 2 rings (SSSR count). The number of carbonyl (C=O) groups excluding carboxylic acids is 1. The van der Waals surface area contributed by atoms with Gasteiger partial charge in [0.15, 0.2) is 0 Å². The monoisotopic (exact) mass is 268 g/mol. The van der Waals surface area contributed by atoms with Crippen molar-refractivity contribution >= 4 is 28.6 Å². The maximum Gasteiger partial charge on any atom is 0.341 e. The summed E-state index contributed by atoms with van der Waals surface area (Å²) in [6.07, 6.45) is 1.64. The Labute approximate surface area is 109 Å². The van der Waals surface area contributed by atoms with Gasteiger partial charge in [0.1, 0.15) is 16.6 Å². The quantitative estimate of drug-likeness (QED) is 0.634. The third-order valence-corrected chi connectivity index (χ3v) is 2.86. The minimum Gasteiger partial charge on any atom is -0.481 e. The molecule has 0 aliphatic rings. The van der Waals surface area contributed by atoms with Crippen LogP contribution in [-0.2, 0) is 4.74 Å². The molecule has 1 unspecified atom stereocenters. The normalized spacial score (nSPS) is 12.4. The predicted octanol–water partition coefficient (Wildman–Crippen LogP) is 2.59. The average Bonchev–Trinajstić information content (AvgIpc) is 2.76. The Hall–Kier alpha value is -1.75. The lowest BCUT2D eigenvalue weighted by Crippen LogP contribution is -2.01. The number of hydrogen-bond donors (Lipinski definition) is 0. The fourth-order valence-corrected chi connectivity index (χ4v) is 1.94. The minimum atomic E-state index is -0.447. The van der Waals surface area contributed by atoms with E-state index in [0.717, 1.165) is 5.52 Å². The Morgan fingerprint density at radius 1 is 1.44 bits per heavy atom. The zero-order valence-electron chi connectivity index (χ0n) is 10.3. The van der Waals surface area contributed by atoms with Crippen LogP contribution in [-0.4, -0.2) is 29.7 Å². The van der Waals surface area contributed by atoms with E-state index >= 15 is 0 Å². The first-order valence-electron chi connectivity index (χ1n) is 5.36. The molecule has 0 spiro atoms. The van der Waals surface area contributed by atoms with Gasteiger partial charge in [0.25, 0.3) is 0 Å². The van der Waals surface area contributed by atoms with E-state index in [2.05, 4.69) is 4.98 Å². The van der Waals surface area contributed by atoms with Crippen molar-refractivity contribution in [1.82, 2.24) is 9.55 Å². The standard InChI is InChI=1S/C12H13ClN2O3/c1-7(13)15-6-8(12(16)18-3)11-9(15)4-5-10(14-11)17-2/h4-7H,1-3H3. The summed E-state index contributed by atoms with van der Waals surface area (Å²) in [6.45, 7) is 1.81. The molecule has 2 heterocycles. The summed E-state index contributed by atoms with van der Waals surface area (Å²) in [7, 11) is 2.85. The van der Waals surface area contributed by atoms with Crippen LogP contribution >= 0.6 is 11.6 Å². The number of fused-ring (bicyclic) bond motifs is 1. The van der Waals surface area contributed by atoms with Crippen molar-refractivity contribution in [3.05, 3.63) is 23.9 Å². The molecule has 0 fully saturated rings. The lowest BCUT2D eigenvalue weighted by Gasteiger charge is -2.06. The molecule has 0 aromatic carbocycles. The Kier molecular flexibility index (Phi) is 3.43. The minimum absolute atomic E-state index is 0.291. The molecule has 0 amide bonds. The Morgan fingerprint density at radius 3 is 2.72 bits per heavy atom. The van der Waals surface area contributed by atoms with Gasteiger partial charge in [-0.05, 0) is 13.0 Å². The maximum absolute atomic E-state index is 11.7. The van der Waals surface area contributed by atoms with Crippen LogP contribution in [0.2, 0.25) is 0 Å². The number of methoxy groups -OCH3 is 2. The van der Waals surface area contributed by atoms with Crippen LogP contribution in [0.15, 0.2) is 18.3 Å². The molecule has 5 nitrogen and oxygen atoms in total. The number of rotatable bonds is 3. The summed E-state index contributed by atoms with van der Waals surface area (Å²) < 4.78 is 11.5. The third kappa shape index (κ3) is 2.01. The molecule has 2 aromatic rings. The van der Waals surface area contributed by atoms with Crippen LogP contribution in [0.5, 0.6) is 5.88 Å². The van der Waals surface area contributed by atoms with Gasteiger partial charge in [-0.15, -0.1) is 0 Å². The molecule has 6 heteroatoms. The van der Waals surface area contributed by atoms with Crippen molar-refractivity contribution < 1.29 is 14.3 Å². The van der Waals surface area contributed by atoms with Crippen molar-refractivity contribution in [3.63, 3.8) is 0 Å². The highest BCUT2D eigenvalue weighted by Crippen LogP contribution is 2.27. The molecular weight excluding hydrogens is 256 g/mol. The van der Waals surface area contributed by atoms with Crippen LogP contribution in [0, 0.1) is 0 Å². The first-order chi connectivity index (χ1) is 8.58. The topological polar surface area (TPSA) is 53.4 Å². The number of aromatic nitrogens is 2. The summed E-state index contributed by atoms with van der Waals surface area (Å²) in [5, 5.41) is 0. The number of nitrogens with zero attached hydrogens (tertiary/aromatic N) is 2. The SMILES string of the molecule is COC(=O)c1cn(C(C)Cl)c2ccc(OC)nc12. The number of carbonyl (C=O) groups is 1. The number of pyridine rings is 1. The summed E-state index contributed by atoms with van der Waals surface area (Å²) in [5.41, 5.74) is 1.37. The lowest BCUT2D eigenvalue weighted by molar-refractivity contribution is 0.0602. The van der Waals surface area contributed by atoms with E-state index in [1.165, 1.54) is 14.2 Å². The Bertz CT molecular complexity index is 592. The zero-order valence-corrected chi connectivity index (χ0v) is 11.1. The molecule has 0 saturated heterocycles. The van der Waals surface area contributed by atoms with Gasteiger partial charge in [-0.2, -0.15) is 0 Å². The fourth-order valence-electron chi connectivity index (χ4n) is 1.78. The van der Waals surface area contributed by atoms with Crippen LogP contribution < -0.4 is 4.74 Å². The van der Waals surface area contributed by atoms with E-state index < -0.39 is 5.97 Å². The summed E-state index contributed by atoms with van der Waals surface area (Å²) in [4.78, 5) is 16.0. The van der Waals surface area contributed by atoms with Gasteiger partial charge in [0.2, 0.25) is 5.88 Å². The Balaban J connectivity index is 2.72. The van der Waals surface area contributed by atoms with Crippen LogP contribution in [0.25, 0.3) is 11.0 Å². The lowest BCUT2D eigenvalue weighted by atomic mass is 10.2. The van der Waals surface area contributed by atoms with Crippen molar-refractivity contribution in [2.24, 2.45) is 0 Å². The number of halogens is 1. The first kappa shape index (κ1) is 12.7. The predicted molar refractivity (Wildman–Crippen MR) is 68.2 cm³/mol. The van der Waals surface area contributed by atoms with E-state index in [1.807, 2.05) is 13.0 Å². The molecule has 0 bridgehead atoms. The molecule has 0 N–H and O–H groups in total. The number of esters is 1. The van der Waals surface area contributed by atoms with Crippen LogP contribution in [0.4, 0.5) is 0 Å². The Morgan fingerprint density at radius 2 is 2.17 bits per heavy atom. The highest BCUT2D eigenvalue weighted by atomic mass is 35.5. The van der Waals surface area contributed by atoms with E-state index in [0.29, 0.717) is 17.0 Å². The fraction of sp³-hybridized carbons (Fsp3) is 0.333. The van der Waals surface area contributed by atoms with Crippen molar-refractivity contribution in [2.45, 2.75) is 12.4 Å². The van der Waals surface area contributed by atoms with Gasteiger partial charge in [0, 0.05) is 12.3 Å². The molecular formula is C12H13ClN2O3. The highest BCUT2D eigenvalue weighted by molar-refractivity contribution is 6.19. The summed E-state index contributed by atoms with van der Waals surface area (Å²) >= 11 is 6.07. The van der Waals surface area contributed by atoms with E-state index in [4.69, 9.17) is 21.1 Å². The van der Waals surface area contributed by atoms with Crippen molar-refractivity contribution in [1.29, 1.82) is 0 Å². The van der Waals surface area contributed by atoms with Gasteiger partial charge in [-0.25, -0.2) is 9.78 Å². The molecule has 0 aliphatic carbocycles. The van der Waals surface area contributed by atoms with E-state index in [9.17, 15) is 4.79 Å². The molecule has 2 aromatic heterocycles. The first-order valence-corrected chi connectivity index (χ1v) is 5.80. The van der Waals surface area contributed by atoms with Crippen molar-refractivity contribution in [2.75, 3.05) is 14.2 Å². The smallest absolute Gasteiger partial charge is 0.341 e. The van der Waals surface area contributed by atoms with E-state index in [-0.39, 0.29) is 5.50 Å². The van der Waals surface area contributed by atoms with Crippen molar-refractivity contribution in [3.8, 4) is 5.88 Å². The van der Waals surface area contributed by atoms with E-state index in [1.54, 1.807) is 16.8 Å². The number of alkyl halides is 1. The molecule has 96 valence electrons. The second-order valence-corrected chi connectivity index (χ2v) is 4.37. The number of ether oxygens (including phenoxy) is 2. The largest absolute Gasteiger partial charge is 0.481 e. The maximum atomic E-state index is 11.7. The van der Waals surface area contributed by atoms with Crippen LogP contribution in [0.1, 0.15) is 22.8 Å². The highest BCUT2D eigenvalue weighted by Gasteiger charge is 2.19. The second kappa shape index (κ2) is 4.86. The molecule has 0 saturated carbocycles. The third-order valence-electron chi connectivity index (χ3n) is 2.65. The summed E-state index contributed by atoms with van der Waals surface area (Å²) in [6, 6.07) is 3.53. The summed E-state index contributed by atoms with van der Waals surface area (Å²) in [5.74, 6) is -0.00977. The number of hydrogen-bond acceptors (Lipinski definition) is 4. The van der Waals surface area contributed by atoms with Gasteiger partial charge in [0.05, 0.1) is 19.7 Å². The molecule has 0 radical (unpaired) electrons. The second-order valence-electron chi connectivity index (χ2n) is 3.74. The van der Waals surface area contributed by atoms with Gasteiger partial charge in [-0.1, -0.05) is 11.6 Å². The van der Waals surface area contributed by atoms with Crippen LogP contribution in [0.3, 0.4) is 0 Å². The molecule has 18 heavy (non-hydrogen) atoms. The van der Waals surface area contributed by atoms with Gasteiger partial charge < -0.3 is 14.0 Å². The van der Waals surface area contributed by atoms with Gasteiger partial charge in [-0.3, -0.25) is 0 Å². The van der Waals surface area contributed by atoms with Gasteiger partial charge >= 0.3 is 5.97 Å².